The molecule has 1 saturated heterocycles. The minimum Gasteiger partial charge on any atom is -0.497 e. The Balaban J connectivity index is 1.95. The smallest absolute Gasteiger partial charge is 0.256 e. The number of rotatable bonds is 3. The van der Waals surface area contributed by atoms with Gasteiger partial charge >= 0.3 is 0 Å². The second-order valence-electron chi connectivity index (χ2n) is 6.11. The van der Waals surface area contributed by atoms with Crippen molar-refractivity contribution >= 4 is 22.8 Å². The van der Waals surface area contributed by atoms with Crippen LogP contribution in [0.4, 0.5) is 0 Å². The van der Waals surface area contributed by atoms with E-state index in [1.165, 1.54) is 11.8 Å². The molecule has 7 heteroatoms. The number of hydrogen-bond donors (Lipinski definition) is 0. The van der Waals surface area contributed by atoms with Gasteiger partial charge in [0.1, 0.15) is 17.8 Å². The van der Waals surface area contributed by atoms with Gasteiger partial charge < -0.3 is 9.64 Å². The maximum atomic E-state index is 13.1. The van der Waals surface area contributed by atoms with E-state index >= 15 is 0 Å². The van der Waals surface area contributed by atoms with Gasteiger partial charge in [-0.3, -0.25) is 14.2 Å². The largest absolute Gasteiger partial charge is 0.497 e. The Labute approximate surface area is 150 Å². The lowest BCUT2D eigenvalue weighted by atomic mass is 10.1. The highest BCUT2D eigenvalue weighted by Gasteiger charge is 2.40. The Morgan fingerprint density at radius 3 is 3.04 bits per heavy atom. The van der Waals surface area contributed by atoms with Crippen molar-refractivity contribution in [1.82, 2.24) is 14.5 Å². The number of amides is 1. The monoisotopic (exact) mass is 357 g/mol. The molecule has 0 saturated carbocycles. The standard InChI is InChI=1S/C18H19N3O3S/c1-3-25-18(23)15-16-14-5-4-8-20(14)17(22)12-9-11(24-2)6-7-13(12)21(16)10-19-15/h6-7,9-10,14H,3-5,8H2,1-2H3/t14-/m0/s1. The van der Waals surface area contributed by atoms with Crippen LogP contribution in [0.15, 0.2) is 24.5 Å². The zero-order valence-electron chi connectivity index (χ0n) is 14.2. The molecule has 130 valence electrons. The van der Waals surface area contributed by atoms with Crippen molar-refractivity contribution in [3.8, 4) is 11.4 Å². The van der Waals surface area contributed by atoms with Gasteiger partial charge in [0.25, 0.3) is 5.91 Å². The van der Waals surface area contributed by atoms with Gasteiger partial charge in [0.05, 0.1) is 30.1 Å². The normalized spacial score (nSPS) is 18.4. The molecule has 2 aliphatic rings. The maximum absolute atomic E-state index is 13.1. The van der Waals surface area contributed by atoms with E-state index in [1.54, 1.807) is 19.5 Å². The fourth-order valence-electron chi connectivity index (χ4n) is 3.70. The van der Waals surface area contributed by atoms with Crippen molar-refractivity contribution in [1.29, 1.82) is 0 Å². The first-order chi connectivity index (χ1) is 12.2. The summed E-state index contributed by atoms with van der Waals surface area (Å²) < 4.78 is 7.20. The number of fused-ring (bicyclic) bond motifs is 5. The Morgan fingerprint density at radius 2 is 2.28 bits per heavy atom. The number of carbonyl (C=O) groups excluding carboxylic acids is 2. The van der Waals surface area contributed by atoms with Crippen LogP contribution >= 0.6 is 11.8 Å². The predicted molar refractivity (Wildman–Crippen MR) is 95.6 cm³/mol. The summed E-state index contributed by atoms with van der Waals surface area (Å²) in [6.07, 6.45) is 3.44. The van der Waals surface area contributed by atoms with Crippen LogP contribution in [0.5, 0.6) is 5.75 Å². The molecule has 0 radical (unpaired) electrons. The SMILES string of the molecule is CCSC(=O)c1ncn2c1[C@@H]1CCCN1C(=O)c1cc(OC)ccc1-2. The van der Waals surface area contributed by atoms with E-state index in [-0.39, 0.29) is 17.1 Å². The number of hydrogen-bond acceptors (Lipinski definition) is 5. The van der Waals surface area contributed by atoms with Gasteiger partial charge in [-0.25, -0.2) is 4.98 Å². The highest BCUT2D eigenvalue weighted by atomic mass is 32.2. The summed E-state index contributed by atoms with van der Waals surface area (Å²) in [7, 11) is 1.59. The molecule has 2 aliphatic heterocycles. The van der Waals surface area contributed by atoms with Crippen LogP contribution in [0.3, 0.4) is 0 Å². The molecular weight excluding hydrogens is 338 g/mol. The molecule has 1 aromatic heterocycles. The van der Waals surface area contributed by atoms with Gasteiger partial charge in [0, 0.05) is 6.54 Å². The molecule has 1 atom stereocenters. The lowest BCUT2D eigenvalue weighted by molar-refractivity contribution is 0.0736. The van der Waals surface area contributed by atoms with Crippen molar-refractivity contribution < 1.29 is 14.3 Å². The van der Waals surface area contributed by atoms with Crippen LogP contribution in [0.25, 0.3) is 5.69 Å². The van der Waals surface area contributed by atoms with E-state index < -0.39 is 0 Å². The zero-order chi connectivity index (χ0) is 17.6. The van der Waals surface area contributed by atoms with E-state index in [2.05, 4.69) is 4.98 Å². The number of thioether (sulfide) groups is 1. The first-order valence-electron chi connectivity index (χ1n) is 8.39. The molecule has 3 heterocycles. The van der Waals surface area contributed by atoms with Gasteiger partial charge in [-0.05, 0) is 36.8 Å². The zero-order valence-corrected chi connectivity index (χ0v) is 15.0. The molecule has 1 amide bonds. The van der Waals surface area contributed by atoms with Gasteiger partial charge in [-0.15, -0.1) is 0 Å². The number of ether oxygens (including phenoxy) is 1. The number of carbonyl (C=O) groups is 2. The summed E-state index contributed by atoms with van der Waals surface area (Å²) in [6, 6.07) is 5.35. The number of methoxy groups -OCH3 is 1. The van der Waals surface area contributed by atoms with Crippen LogP contribution in [0.2, 0.25) is 0 Å². The molecule has 1 aromatic carbocycles. The van der Waals surface area contributed by atoms with Gasteiger partial charge in [-0.2, -0.15) is 0 Å². The summed E-state index contributed by atoms with van der Waals surface area (Å²) in [6.45, 7) is 2.64. The van der Waals surface area contributed by atoms with Gasteiger partial charge in [0.15, 0.2) is 0 Å². The van der Waals surface area contributed by atoms with E-state index in [1.807, 2.05) is 28.5 Å². The van der Waals surface area contributed by atoms with E-state index in [4.69, 9.17) is 4.74 Å². The first-order valence-corrected chi connectivity index (χ1v) is 9.38. The number of aromatic nitrogens is 2. The van der Waals surface area contributed by atoms with Crippen molar-refractivity contribution in [3.63, 3.8) is 0 Å². The molecule has 1 fully saturated rings. The van der Waals surface area contributed by atoms with Gasteiger partial charge in [0.2, 0.25) is 5.12 Å². The quantitative estimate of drug-likeness (QED) is 0.845. The van der Waals surface area contributed by atoms with Crippen molar-refractivity contribution in [2.24, 2.45) is 0 Å². The second-order valence-corrected chi connectivity index (χ2v) is 7.35. The lowest BCUT2D eigenvalue weighted by Gasteiger charge is -2.22. The summed E-state index contributed by atoms with van der Waals surface area (Å²) in [5.41, 5.74) is 2.65. The van der Waals surface area contributed by atoms with E-state index in [0.29, 0.717) is 29.3 Å². The molecule has 4 rings (SSSR count). The summed E-state index contributed by atoms with van der Waals surface area (Å²) >= 11 is 1.25. The Bertz CT molecular complexity index is 861. The van der Waals surface area contributed by atoms with Crippen LogP contribution < -0.4 is 4.74 Å². The van der Waals surface area contributed by atoms with E-state index in [9.17, 15) is 9.59 Å². The summed E-state index contributed by atoms with van der Waals surface area (Å²) in [5, 5.41) is -0.0347. The average Bonchev–Trinajstić information content (AvgIpc) is 3.25. The van der Waals surface area contributed by atoms with Crippen molar-refractivity contribution in [2.45, 2.75) is 25.8 Å². The molecular formula is C18H19N3O3S. The second kappa shape index (κ2) is 6.22. The van der Waals surface area contributed by atoms with Crippen LogP contribution in [-0.2, 0) is 0 Å². The first kappa shape index (κ1) is 16.2. The Hall–Kier alpha value is -2.28. The van der Waals surface area contributed by atoms with Crippen molar-refractivity contribution in [3.05, 3.63) is 41.5 Å². The van der Waals surface area contributed by atoms with Crippen LogP contribution in [0.1, 0.15) is 52.3 Å². The number of benzene rings is 1. The molecule has 0 N–H and O–H groups in total. The maximum Gasteiger partial charge on any atom is 0.256 e. The lowest BCUT2D eigenvalue weighted by Crippen LogP contribution is -2.30. The molecule has 0 spiro atoms. The molecule has 0 aliphatic carbocycles. The molecule has 2 aromatic rings. The average molecular weight is 357 g/mol. The number of imidazole rings is 1. The highest BCUT2D eigenvalue weighted by molar-refractivity contribution is 8.14. The fourth-order valence-corrected chi connectivity index (χ4v) is 4.25. The third-order valence-electron chi connectivity index (χ3n) is 4.80. The minimum atomic E-state index is -0.107. The Morgan fingerprint density at radius 1 is 1.44 bits per heavy atom. The summed E-state index contributed by atoms with van der Waals surface area (Å²) in [5.74, 6) is 1.33. The molecule has 0 unspecified atom stereocenters. The third kappa shape index (κ3) is 2.45. The number of nitrogens with zero attached hydrogens (tertiary/aromatic N) is 3. The molecule has 25 heavy (non-hydrogen) atoms. The highest BCUT2D eigenvalue weighted by Crippen LogP contribution is 2.41. The molecule has 0 bridgehead atoms. The van der Waals surface area contributed by atoms with E-state index in [0.717, 1.165) is 24.2 Å². The molecule has 6 nitrogen and oxygen atoms in total. The van der Waals surface area contributed by atoms with Crippen LogP contribution in [-0.4, -0.2) is 44.9 Å². The summed E-state index contributed by atoms with van der Waals surface area (Å²) in [4.78, 5) is 31.9. The Kier molecular flexibility index (Phi) is 4.03. The fraction of sp³-hybridized carbons (Fsp3) is 0.389. The van der Waals surface area contributed by atoms with Crippen LogP contribution in [0, 0.1) is 0 Å². The predicted octanol–water partition coefficient (Wildman–Crippen LogP) is 3.06. The third-order valence-corrected chi connectivity index (χ3v) is 5.54. The topological polar surface area (TPSA) is 64.4 Å². The van der Waals surface area contributed by atoms with Gasteiger partial charge in [-0.1, -0.05) is 18.7 Å². The minimum absolute atomic E-state index is 0.0124. The van der Waals surface area contributed by atoms with Crippen molar-refractivity contribution in [2.75, 3.05) is 19.4 Å².